The highest BCUT2D eigenvalue weighted by Gasteiger charge is 2.09. The van der Waals surface area contributed by atoms with Crippen molar-refractivity contribution < 1.29 is 13.2 Å². The Bertz CT molecular complexity index is 1010. The molecular formula is C25H21F3. The lowest BCUT2D eigenvalue weighted by Gasteiger charge is -2.05. The van der Waals surface area contributed by atoms with E-state index in [-0.39, 0.29) is 5.56 Å². The van der Waals surface area contributed by atoms with E-state index in [9.17, 15) is 13.2 Å². The van der Waals surface area contributed by atoms with Crippen molar-refractivity contribution in [3.63, 3.8) is 0 Å². The van der Waals surface area contributed by atoms with Gasteiger partial charge in [-0.15, -0.1) is 0 Å². The highest BCUT2D eigenvalue weighted by molar-refractivity contribution is 5.65. The van der Waals surface area contributed by atoms with Crippen LogP contribution in [-0.2, 0) is 12.8 Å². The average molecular weight is 378 g/mol. The van der Waals surface area contributed by atoms with E-state index in [4.69, 9.17) is 0 Å². The Balaban J connectivity index is 1.88. The van der Waals surface area contributed by atoms with E-state index in [0.717, 1.165) is 18.4 Å². The summed E-state index contributed by atoms with van der Waals surface area (Å²) in [7, 11) is 0. The maximum absolute atomic E-state index is 14.5. The fraction of sp³-hybridized carbons (Fsp3) is 0.200. The van der Waals surface area contributed by atoms with Crippen LogP contribution >= 0.6 is 0 Å². The van der Waals surface area contributed by atoms with Gasteiger partial charge in [0.05, 0.1) is 5.56 Å². The van der Waals surface area contributed by atoms with Crippen molar-refractivity contribution in [3.05, 3.63) is 94.3 Å². The van der Waals surface area contributed by atoms with Gasteiger partial charge in [-0.05, 0) is 53.8 Å². The monoisotopic (exact) mass is 378 g/mol. The van der Waals surface area contributed by atoms with Gasteiger partial charge in [0, 0.05) is 11.1 Å². The molecule has 0 aliphatic heterocycles. The molecule has 0 fully saturated rings. The molecule has 0 bridgehead atoms. The first-order valence-electron chi connectivity index (χ1n) is 9.40. The Hall–Kier alpha value is -2.99. The van der Waals surface area contributed by atoms with Crippen molar-refractivity contribution in [1.29, 1.82) is 0 Å². The lowest BCUT2D eigenvalue weighted by atomic mass is 10.0. The predicted octanol–water partition coefficient (Wildman–Crippen LogP) is 6.69. The van der Waals surface area contributed by atoms with Crippen LogP contribution in [0.2, 0.25) is 0 Å². The van der Waals surface area contributed by atoms with Crippen LogP contribution in [0.25, 0.3) is 11.1 Å². The van der Waals surface area contributed by atoms with E-state index in [1.807, 2.05) is 31.2 Å². The normalized spacial score (nSPS) is 10.5. The summed E-state index contributed by atoms with van der Waals surface area (Å²) >= 11 is 0. The molecule has 0 amide bonds. The smallest absolute Gasteiger partial charge is 0.142 e. The van der Waals surface area contributed by atoms with E-state index >= 15 is 0 Å². The quantitative estimate of drug-likeness (QED) is 0.444. The molecule has 0 saturated carbocycles. The SMILES string of the molecule is CCCc1cc(F)c(C#Cc2ccc(-c3ccc(CC)cc3)c(F)c2)c(F)c1. The minimum atomic E-state index is -0.691. The zero-order valence-electron chi connectivity index (χ0n) is 16.0. The first-order chi connectivity index (χ1) is 13.5. The Labute approximate surface area is 164 Å². The summed E-state index contributed by atoms with van der Waals surface area (Å²) in [6.45, 7) is 4.01. The van der Waals surface area contributed by atoms with Crippen LogP contribution in [0, 0.1) is 29.3 Å². The number of benzene rings is 3. The fourth-order valence-electron chi connectivity index (χ4n) is 3.06. The number of rotatable bonds is 4. The zero-order valence-corrected chi connectivity index (χ0v) is 16.0. The predicted molar refractivity (Wildman–Crippen MR) is 108 cm³/mol. The van der Waals surface area contributed by atoms with Gasteiger partial charge in [-0.1, -0.05) is 62.4 Å². The lowest BCUT2D eigenvalue weighted by molar-refractivity contribution is 0.573. The molecule has 3 heteroatoms. The second kappa shape index (κ2) is 8.80. The van der Waals surface area contributed by atoms with E-state index in [1.165, 1.54) is 23.8 Å². The fourth-order valence-corrected chi connectivity index (χ4v) is 3.06. The van der Waals surface area contributed by atoms with Gasteiger partial charge in [-0.2, -0.15) is 0 Å². The maximum Gasteiger partial charge on any atom is 0.142 e. The minimum absolute atomic E-state index is 0.292. The molecule has 0 unspecified atom stereocenters. The van der Waals surface area contributed by atoms with E-state index in [2.05, 4.69) is 18.8 Å². The van der Waals surface area contributed by atoms with Crippen molar-refractivity contribution in [2.75, 3.05) is 0 Å². The maximum atomic E-state index is 14.5. The topological polar surface area (TPSA) is 0 Å². The van der Waals surface area contributed by atoms with Gasteiger partial charge in [0.2, 0.25) is 0 Å². The third-order valence-corrected chi connectivity index (χ3v) is 4.61. The summed E-state index contributed by atoms with van der Waals surface area (Å²) in [6.07, 6.45) is 2.33. The van der Waals surface area contributed by atoms with E-state index < -0.39 is 17.5 Å². The van der Waals surface area contributed by atoms with Crippen LogP contribution < -0.4 is 0 Å². The van der Waals surface area contributed by atoms with Crippen LogP contribution in [0.15, 0.2) is 54.6 Å². The molecule has 0 nitrogen and oxygen atoms in total. The molecule has 3 aromatic carbocycles. The van der Waals surface area contributed by atoms with Gasteiger partial charge in [-0.3, -0.25) is 0 Å². The highest BCUT2D eigenvalue weighted by Crippen LogP contribution is 2.24. The summed E-state index contributed by atoms with van der Waals surface area (Å²) < 4.78 is 42.8. The van der Waals surface area contributed by atoms with Gasteiger partial charge in [0.25, 0.3) is 0 Å². The van der Waals surface area contributed by atoms with Crippen LogP contribution in [0.3, 0.4) is 0 Å². The molecule has 28 heavy (non-hydrogen) atoms. The van der Waals surface area contributed by atoms with Gasteiger partial charge >= 0.3 is 0 Å². The third kappa shape index (κ3) is 4.46. The van der Waals surface area contributed by atoms with E-state index in [1.54, 1.807) is 12.1 Å². The molecule has 0 spiro atoms. The molecule has 0 aromatic heterocycles. The van der Waals surface area contributed by atoms with Crippen molar-refractivity contribution in [3.8, 4) is 23.0 Å². The molecule has 3 rings (SSSR count). The molecular weight excluding hydrogens is 357 g/mol. The standard InChI is InChI=1S/C25H21F3/c1-3-5-19-15-24(27)22(25(28)16-19)13-9-18-8-12-21(23(26)14-18)20-10-6-17(4-2)7-11-20/h6-8,10-12,14-16H,3-5H2,1-2H3. The largest absolute Gasteiger partial charge is 0.206 e. The van der Waals surface area contributed by atoms with Gasteiger partial charge in [-0.25, -0.2) is 13.2 Å². The molecule has 0 saturated heterocycles. The Morgan fingerprint density at radius 1 is 0.714 bits per heavy atom. The third-order valence-electron chi connectivity index (χ3n) is 4.61. The van der Waals surface area contributed by atoms with Crippen LogP contribution in [0.4, 0.5) is 13.2 Å². The Morgan fingerprint density at radius 2 is 1.39 bits per heavy atom. The molecule has 0 radical (unpaired) electrons. The summed E-state index contributed by atoms with van der Waals surface area (Å²) in [5.74, 6) is 3.36. The number of hydrogen-bond donors (Lipinski definition) is 0. The highest BCUT2D eigenvalue weighted by atomic mass is 19.1. The summed E-state index contributed by atoms with van der Waals surface area (Å²) in [5, 5.41) is 0. The molecule has 3 aromatic rings. The van der Waals surface area contributed by atoms with Crippen molar-refractivity contribution in [1.82, 2.24) is 0 Å². The first kappa shape index (κ1) is 19.8. The number of halogens is 3. The molecule has 0 heterocycles. The molecule has 142 valence electrons. The number of aryl methyl sites for hydroxylation is 2. The summed E-state index contributed by atoms with van der Waals surface area (Å²) in [4.78, 5) is 0. The van der Waals surface area contributed by atoms with Crippen LogP contribution in [0.1, 0.15) is 42.5 Å². The Kier molecular flexibility index (Phi) is 6.21. The van der Waals surface area contributed by atoms with Gasteiger partial charge in [0.1, 0.15) is 17.5 Å². The molecule has 0 N–H and O–H groups in total. The summed E-state index contributed by atoms with van der Waals surface area (Å²) in [6, 6.07) is 14.9. The van der Waals surface area contributed by atoms with Gasteiger partial charge in [0.15, 0.2) is 0 Å². The minimum Gasteiger partial charge on any atom is -0.206 e. The first-order valence-corrected chi connectivity index (χ1v) is 9.40. The molecule has 0 aliphatic carbocycles. The van der Waals surface area contributed by atoms with Crippen molar-refractivity contribution in [2.45, 2.75) is 33.1 Å². The van der Waals surface area contributed by atoms with Crippen LogP contribution in [0.5, 0.6) is 0 Å². The second-order valence-electron chi connectivity index (χ2n) is 6.68. The van der Waals surface area contributed by atoms with Crippen LogP contribution in [-0.4, -0.2) is 0 Å². The lowest BCUT2D eigenvalue weighted by Crippen LogP contribution is -1.95. The molecule has 0 atom stereocenters. The van der Waals surface area contributed by atoms with Gasteiger partial charge < -0.3 is 0 Å². The zero-order chi connectivity index (χ0) is 20.1. The van der Waals surface area contributed by atoms with E-state index in [0.29, 0.717) is 23.1 Å². The summed E-state index contributed by atoms with van der Waals surface area (Å²) in [5.41, 5.74) is 3.10. The van der Waals surface area contributed by atoms with Crippen molar-refractivity contribution in [2.24, 2.45) is 0 Å². The van der Waals surface area contributed by atoms with Crippen molar-refractivity contribution >= 4 is 0 Å². The Morgan fingerprint density at radius 3 is 1.96 bits per heavy atom. The number of hydrogen-bond acceptors (Lipinski definition) is 0. The second-order valence-corrected chi connectivity index (χ2v) is 6.68. The average Bonchev–Trinajstić information content (AvgIpc) is 2.68. The molecule has 0 aliphatic rings.